The summed E-state index contributed by atoms with van der Waals surface area (Å²) in [5, 5.41) is 0. The molecule has 0 radical (unpaired) electrons. The lowest BCUT2D eigenvalue weighted by molar-refractivity contribution is -0.163. The first-order chi connectivity index (χ1) is 13.0. The molecule has 0 N–H and O–H groups in total. The van der Waals surface area contributed by atoms with Gasteiger partial charge in [0.1, 0.15) is 0 Å². The van der Waals surface area contributed by atoms with Crippen LogP contribution in [0.25, 0.3) is 0 Å². The van der Waals surface area contributed by atoms with E-state index in [-0.39, 0.29) is 5.97 Å². The van der Waals surface area contributed by atoms with Crippen molar-refractivity contribution in [3.8, 4) is 0 Å². The summed E-state index contributed by atoms with van der Waals surface area (Å²) in [5.41, 5.74) is -0.726. The number of carbonyl (C=O) groups is 1. The molecule has 0 spiro atoms. The second-order valence-electron chi connectivity index (χ2n) is 7.90. The first kappa shape index (κ1) is 26.4. The molecule has 0 saturated heterocycles. The fourth-order valence-corrected chi connectivity index (χ4v) is 4.68. The maximum Gasteiger partial charge on any atom is 0.337 e. The van der Waals surface area contributed by atoms with Gasteiger partial charge in [0.05, 0.1) is 6.61 Å². The number of unbranched alkanes of at least 4 members (excludes halogenated alkanes) is 8. The number of esters is 1. The molecule has 0 aliphatic heterocycles. The molecule has 0 fully saturated rings. The normalized spacial score (nSPS) is 14.0. The van der Waals surface area contributed by atoms with Crippen LogP contribution in [0.4, 0.5) is 0 Å². The van der Waals surface area contributed by atoms with Crippen LogP contribution in [0.15, 0.2) is 12.2 Å². The van der Waals surface area contributed by atoms with Crippen molar-refractivity contribution in [2.75, 3.05) is 6.61 Å². The molecule has 0 bridgehead atoms. The minimum atomic E-state index is -1.33. The predicted molar refractivity (Wildman–Crippen MR) is 120 cm³/mol. The second kappa shape index (κ2) is 17.5. The molecule has 0 aromatic carbocycles. The van der Waals surface area contributed by atoms with E-state index in [2.05, 4.69) is 39.1 Å². The van der Waals surface area contributed by atoms with Crippen LogP contribution in [0.2, 0.25) is 13.1 Å². The van der Waals surface area contributed by atoms with Gasteiger partial charge >= 0.3 is 5.97 Å². The van der Waals surface area contributed by atoms with Crippen LogP contribution in [0, 0.1) is 0 Å². The minimum absolute atomic E-state index is 0.153. The number of allylic oxidation sites excluding steroid dienone is 2. The van der Waals surface area contributed by atoms with Crippen molar-refractivity contribution in [1.82, 2.24) is 0 Å². The van der Waals surface area contributed by atoms with E-state index >= 15 is 0 Å². The second-order valence-corrected chi connectivity index (χ2v) is 10.2. The average molecular weight is 399 g/mol. The van der Waals surface area contributed by atoms with Crippen LogP contribution in [-0.2, 0) is 14.0 Å². The van der Waals surface area contributed by atoms with Crippen LogP contribution in [0.1, 0.15) is 104 Å². The number of hydrogen-bond donors (Lipinski definition) is 0. The molecule has 1 unspecified atom stereocenters. The van der Waals surface area contributed by atoms with Crippen molar-refractivity contribution >= 4 is 15.0 Å². The molecular formula is C23H46O3Si. The monoisotopic (exact) mass is 398 g/mol. The molecule has 27 heavy (non-hydrogen) atoms. The van der Waals surface area contributed by atoms with Gasteiger partial charge in [-0.1, -0.05) is 77.4 Å². The summed E-state index contributed by atoms with van der Waals surface area (Å²) in [5.74, 6) is -0.153. The Bertz CT molecular complexity index is 382. The summed E-state index contributed by atoms with van der Waals surface area (Å²) in [4.78, 5) is 12.7. The summed E-state index contributed by atoms with van der Waals surface area (Å²) in [7, 11) is -1.33. The highest BCUT2D eigenvalue weighted by Crippen LogP contribution is 2.28. The Hall–Kier alpha value is -0.613. The van der Waals surface area contributed by atoms with E-state index < -0.39 is 14.6 Å². The van der Waals surface area contributed by atoms with Gasteiger partial charge in [0.15, 0.2) is 14.6 Å². The molecule has 0 aliphatic carbocycles. The third-order valence-electron chi connectivity index (χ3n) is 4.90. The Morgan fingerprint density at radius 1 is 0.815 bits per heavy atom. The van der Waals surface area contributed by atoms with Gasteiger partial charge in [-0.15, -0.1) is 0 Å². The quantitative estimate of drug-likeness (QED) is 0.108. The van der Waals surface area contributed by atoms with Gasteiger partial charge in [0, 0.05) is 0 Å². The fourth-order valence-electron chi connectivity index (χ4n) is 3.44. The molecule has 0 saturated carbocycles. The molecule has 0 rings (SSSR count). The van der Waals surface area contributed by atoms with Crippen molar-refractivity contribution in [3.05, 3.63) is 12.2 Å². The smallest absolute Gasteiger partial charge is 0.337 e. The third-order valence-corrected chi connectivity index (χ3v) is 5.82. The van der Waals surface area contributed by atoms with Crippen LogP contribution in [0.5, 0.6) is 0 Å². The van der Waals surface area contributed by atoms with Crippen LogP contribution >= 0.6 is 0 Å². The molecular weight excluding hydrogens is 352 g/mol. The Morgan fingerprint density at radius 3 is 2.00 bits per heavy atom. The highest BCUT2D eigenvalue weighted by atomic mass is 28.3. The summed E-state index contributed by atoms with van der Waals surface area (Å²) >= 11 is 0. The van der Waals surface area contributed by atoms with Crippen molar-refractivity contribution in [1.29, 1.82) is 0 Å². The van der Waals surface area contributed by atoms with Gasteiger partial charge in [0.25, 0.3) is 0 Å². The topological polar surface area (TPSA) is 35.5 Å². The number of hydrogen-bond acceptors (Lipinski definition) is 3. The van der Waals surface area contributed by atoms with Gasteiger partial charge in [-0.25, -0.2) is 4.79 Å². The van der Waals surface area contributed by atoms with Crippen molar-refractivity contribution in [2.24, 2.45) is 0 Å². The Labute approximate surface area is 171 Å². The van der Waals surface area contributed by atoms with E-state index in [1.807, 2.05) is 6.92 Å². The van der Waals surface area contributed by atoms with E-state index in [0.29, 0.717) is 6.61 Å². The lowest BCUT2D eigenvalue weighted by Gasteiger charge is -2.33. The first-order valence-electron chi connectivity index (χ1n) is 11.5. The largest absolute Gasteiger partial charge is 0.464 e. The molecule has 0 aromatic rings. The fraction of sp³-hybridized carbons (Fsp3) is 0.870. The number of ether oxygens (including phenoxy) is 1. The highest BCUT2D eigenvalue weighted by Gasteiger charge is 2.40. The SMILES string of the molecule is CCCCCCCCCC=CCCC(CCCC)(O[SiH](C)C)C(=O)OCC. The summed E-state index contributed by atoms with van der Waals surface area (Å²) < 4.78 is 11.7. The standard InChI is InChI=1S/C23H46O3Si/c1-6-9-11-12-13-14-15-16-17-18-19-21-23(20-10-7-2,26-27(4)5)22(24)25-8-3/h17-18,27H,6-16,19-21H2,1-5H3. The maximum absolute atomic E-state index is 12.7. The van der Waals surface area contributed by atoms with E-state index in [1.54, 1.807) is 0 Å². The molecule has 3 nitrogen and oxygen atoms in total. The number of rotatable bonds is 18. The molecule has 4 heteroatoms. The maximum atomic E-state index is 12.7. The van der Waals surface area contributed by atoms with E-state index in [4.69, 9.17) is 9.16 Å². The number of carbonyl (C=O) groups excluding carboxylic acids is 1. The van der Waals surface area contributed by atoms with Crippen molar-refractivity contribution in [3.63, 3.8) is 0 Å². The summed E-state index contributed by atoms with van der Waals surface area (Å²) in [6.07, 6.45) is 19.6. The molecule has 1 atom stereocenters. The van der Waals surface area contributed by atoms with Gasteiger partial charge in [-0.3, -0.25) is 0 Å². The summed E-state index contributed by atoms with van der Waals surface area (Å²) in [6, 6.07) is 0. The predicted octanol–water partition coefficient (Wildman–Crippen LogP) is 6.96. The van der Waals surface area contributed by atoms with E-state index in [0.717, 1.165) is 38.5 Å². The summed E-state index contributed by atoms with van der Waals surface area (Å²) in [6.45, 7) is 11.0. The van der Waals surface area contributed by atoms with Gasteiger partial charge in [-0.2, -0.15) is 0 Å². The molecule has 0 amide bonds. The zero-order chi connectivity index (χ0) is 20.4. The van der Waals surface area contributed by atoms with Crippen molar-refractivity contribution < 1.29 is 14.0 Å². The molecule has 0 aromatic heterocycles. The van der Waals surface area contributed by atoms with E-state index in [1.165, 1.54) is 44.9 Å². The Balaban J connectivity index is 4.38. The first-order valence-corrected chi connectivity index (χ1v) is 14.3. The van der Waals surface area contributed by atoms with Crippen LogP contribution < -0.4 is 0 Å². The molecule has 160 valence electrons. The van der Waals surface area contributed by atoms with Gasteiger partial charge in [-0.05, 0) is 52.1 Å². The van der Waals surface area contributed by atoms with Crippen molar-refractivity contribution in [2.45, 2.75) is 123 Å². The average Bonchev–Trinajstić information content (AvgIpc) is 2.63. The lowest BCUT2D eigenvalue weighted by Crippen LogP contribution is -2.45. The zero-order valence-corrected chi connectivity index (χ0v) is 20.0. The zero-order valence-electron chi connectivity index (χ0n) is 18.9. The third kappa shape index (κ3) is 13.2. The lowest BCUT2D eigenvalue weighted by atomic mass is 9.91. The molecule has 0 heterocycles. The van der Waals surface area contributed by atoms with Gasteiger partial charge in [0.2, 0.25) is 0 Å². The Kier molecular flexibility index (Phi) is 17.1. The minimum Gasteiger partial charge on any atom is -0.464 e. The van der Waals surface area contributed by atoms with E-state index in [9.17, 15) is 4.79 Å². The Morgan fingerprint density at radius 2 is 1.41 bits per heavy atom. The van der Waals surface area contributed by atoms with Crippen LogP contribution in [0.3, 0.4) is 0 Å². The highest BCUT2D eigenvalue weighted by molar-refractivity contribution is 6.48. The van der Waals surface area contributed by atoms with Crippen LogP contribution in [-0.4, -0.2) is 27.2 Å². The van der Waals surface area contributed by atoms with Gasteiger partial charge < -0.3 is 9.16 Å². The molecule has 0 aliphatic rings.